The summed E-state index contributed by atoms with van der Waals surface area (Å²) in [6.07, 6.45) is 0.711. The van der Waals surface area contributed by atoms with E-state index in [2.05, 4.69) is 69.4 Å². The zero-order valence-electron chi connectivity index (χ0n) is 42.6. The van der Waals surface area contributed by atoms with Crippen LogP contribution in [0.4, 0.5) is 25.8 Å². The smallest absolute Gasteiger partial charge is 0.416 e. The van der Waals surface area contributed by atoms with Crippen molar-refractivity contribution in [3.05, 3.63) is 60.2 Å². The van der Waals surface area contributed by atoms with Crippen molar-refractivity contribution in [3.63, 3.8) is 0 Å². The van der Waals surface area contributed by atoms with Crippen LogP contribution in [0.1, 0.15) is 110 Å². The summed E-state index contributed by atoms with van der Waals surface area (Å²) in [4.78, 5) is 83.6. The Kier molecular flexibility index (Phi) is 20.0. The lowest BCUT2D eigenvalue weighted by atomic mass is 10.0. The van der Waals surface area contributed by atoms with Gasteiger partial charge in [0.25, 0.3) is 14.2 Å². The predicted molar refractivity (Wildman–Crippen MR) is 278 cm³/mol. The molecule has 5 N–H and O–H groups in total. The van der Waals surface area contributed by atoms with Crippen molar-refractivity contribution >= 4 is 90.5 Å². The number of alkyl halides is 3. The zero-order chi connectivity index (χ0) is 53.3. The Hall–Kier alpha value is -4.95. The van der Waals surface area contributed by atoms with Crippen LogP contribution in [0.5, 0.6) is 11.5 Å². The predicted octanol–water partition coefficient (Wildman–Crippen LogP) is 9.35. The van der Waals surface area contributed by atoms with Gasteiger partial charge in [-0.25, -0.2) is 19.3 Å². The van der Waals surface area contributed by atoms with E-state index in [0.29, 0.717) is 48.6 Å². The maximum absolute atomic E-state index is 14.4. The highest BCUT2D eigenvalue weighted by Crippen LogP contribution is 2.57. The average Bonchev–Trinajstić information content (AvgIpc) is 3.98. The molecule has 3 aliphatic rings. The molecule has 22 heteroatoms. The van der Waals surface area contributed by atoms with Gasteiger partial charge in [0.05, 0.1) is 24.4 Å². The van der Waals surface area contributed by atoms with Crippen LogP contribution in [0.15, 0.2) is 49.1 Å². The summed E-state index contributed by atoms with van der Waals surface area (Å²) in [5.74, 6) is -1.16. The summed E-state index contributed by atoms with van der Waals surface area (Å²) in [6.45, 7) is 19.7. The van der Waals surface area contributed by atoms with Crippen LogP contribution >= 0.6 is 34.8 Å². The Morgan fingerprint density at radius 3 is 2.11 bits per heavy atom. The van der Waals surface area contributed by atoms with Crippen LogP contribution in [0.3, 0.4) is 0 Å². The molecule has 6 amide bonds. The van der Waals surface area contributed by atoms with Gasteiger partial charge in [-0.2, -0.15) is 0 Å². The quantitative estimate of drug-likeness (QED) is 0.0245. The number of amides is 6. The fourth-order valence-electron chi connectivity index (χ4n) is 9.86. The van der Waals surface area contributed by atoms with Gasteiger partial charge in [-0.15, -0.1) is 0 Å². The van der Waals surface area contributed by atoms with Crippen LogP contribution in [0.2, 0.25) is 16.6 Å². The third-order valence-corrected chi connectivity index (χ3v) is 20.0. The maximum atomic E-state index is 14.4. The third-order valence-electron chi connectivity index (χ3n) is 13.7. The molecule has 1 aliphatic carbocycles. The van der Waals surface area contributed by atoms with Crippen molar-refractivity contribution in [3.8, 4) is 11.5 Å². The first kappa shape index (κ1) is 57.9. The first-order valence-corrected chi connectivity index (χ1v) is 27.7. The Labute approximate surface area is 438 Å². The van der Waals surface area contributed by atoms with E-state index in [-0.39, 0.29) is 71.3 Å². The molecule has 398 valence electrons. The number of anilines is 2. The lowest BCUT2D eigenvalue weighted by Crippen LogP contribution is -2.54. The highest BCUT2D eigenvalue weighted by molar-refractivity contribution is 6.78. The van der Waals surface area contributed by atoms with Gasteiger partial charge in [0.15, 0.2) is 12.0 Å². The fourth-order valence-corrected chi connectivity index (χ4v) is 15.3. The molecule has 1 spiro atoms. The second kappa shape index (κ2) is 24.8. The minimum Gasteiger partial charge on any atom is -0.540 e. The van der Waals surface area contributed by atoms with E-state index in [9.17, 15) is 33.9 Å². The molecule has 2 aliphatic heterocycles. The number of carbonyl (C=O) groups excluding carboxylic acids is 6. The number of carbonyl (C=O) groups is 6. The number of nitrogens with zero attached hydrogens (tertiary/aromatic N) is 2. The van der Waals surface area contributed by atoms with E-state index in [4.69, 9.17) is 58.2 Å². The highest BCUT2D eigenvalue weighted by atomic mass is 35.6. The minimum absolute atomic E-state index is 0.0706. The molecule has 0 bridgehead atoms. The van der Waals surface area contributed by atoms with Gasteiger partial charge in [0.1, 0.15) is 37.7 Å². The first-order chi connectivity index (χ1) is 33.9. The summed E-state index contributed by atoms with van der Waals surface area (Å²) < 4.78 is 27.0. The Balaban J connectivity index is 1.33. The van der Waals surface area contributed by atoms with E-state index >= 15 is 0 Å². The Bertz CT molecular complexity index is 2250. The number of hydrogen-bond acceptors (Lipinski definition) is 12. The second-order valence-corrected chi connectivity index (χ2v) is 28.0. The van der Waals surface area contributed by atoms with Crippen molar-refractivity contribution in [1.29, 1.82) is 0 Å². The van der Waals surface area contributed by atoms with Gasteiger partial charge in [-0.05, 0) is 90.2 Å². The molecule has 5 rings (SSSR count). The number of methoxy groups -OCH3 is 1. The molecular weight excluding hydrogens is 1010 g/mol. The molecule has 1 saturated heterocycles. The standard InChI is InChI=1S/C50H71Cl3N6O12Si/c1-11-22-68-47(65)57-41(29(2)3)43(61)56-36(14-12-13-21-54-46(64)70-28-50(51,52)53)42(60)55-34-17-15-33(16-18-34)26-69-48(66)59-37-24-40(71-72(30(4)5,31(6)7)32(8)9)39(67-10)23-35(37)44(62)58-27-49(19-20-49)25-38(58)45(59)63/h11,15-18,23-24,29-32,36,38,41,45,63H,1,12-14,19-22,25-28H2,2-10H3,(H,54,64)(H,55,60)(H,56,61)(H,57,65)/t36-,38-,41-,45?/m0/s1. The van der Waals surface area contributed by atoms with Gasteiger partial charge in [0, 0.05) is 24.8 Å². The number of aliphatic hydroxyl groups is 1. The maximum Gasteiger partial charge on any atom is 0.416 e. The van der Waals surface area contributed by atoms with Gasteiger partial charge in [0.2, 0.25) is 15.6 Å². The fraction of sp³-hybridized carbons (Fsp3) is 0.600. The van der Waals surface area contributed by atoms with E-state index in [1.54, 1.807) is 55.1 Å². The summed E-state index contributed by atoms with van der Waals surface area (Å²) >= 11 is 16.9. The van der Waals surface area contributed by atoms with E-state index in [0.717, 1.165) is 17.7 Å². The highest BCUT2D eigenvalue weighted by Gasteiger charge is 2.58. The van der Waals surface area contributed by atoms with E-state index in [1.807, 2.05) is 0 Å². The third kappa shape index (κ3) is 14.4. The van der Waals surface area contributed by atoms with Crippen molar-refractivity contribution in [2.45, 2.75) is 145 Å². The van der Waals surface area contributed by atoms with Crippen molar-refractivity contribution < 1.29 is 57.2 Å². The SMILES string of the molecule is C=CCOC(=O)N[C@H](C(=O)N[C@@H](CCCCNC(=O)OCC(Cl)(Cl)Cl)C(=O)Nc1ccc(COC(=O)N2c3cc(O[Si](C(C)C)(C(C)C)C(C)C)c(OC)cc3C(=O)N3CC4(CC4)C[C@H]3C2O)cc1)C(C)C. The van der Waals surface area contributed by atoms with Gasteiger partial charge < -0.3 is 54.6 Å². The molecule has 2 aromatic rings. The van der Waals surface area contributed by atoms with Crippen LogP contribution in [0, 0.1) is 11.3 Å². The lowest BCUT2D eigenvalue weighted by molar-refractivity contribution is -0.128. The van der Waals surface area contributed by atoms with Crippen LogP contribution < -0.4 is 35.3 Å². The number of benzene rings is 2. The molecule has 0 radical (unpaired) electrons. The summed E-state index contributed by atoms with van der Waals surface area (Å²) in [6, 6.07) is 6.93. The Morgan fingerprint density at radius 2 is 1.54 bits per heavy atom. The molecular formula is C50H71Cl3N6O12Si. The largest absolute Gasteiger partial charge is 0.540 e. The summed E-state index contributed by atoms with van der Waals surface area (Å²) in [5, 5.41) is 22.8. The summed E-state index contributed by atoms with van der Waals surface area (Å²) in [7, 11) is -1.06. The van der Waals surface area contributed by atoms with E-state index in [1.165, 1.54) is 13.2 Å². The number of unbranched alkanes of at least 4 members (excludes halogenated alkanes) is 1. The van der Waals surface area contributed by atoms with Gasteiger partial charge in [-0.3, -0.25) is 14.4 Å². The zero-order valence-corrected chi connectivity index (χ0v) is 45.9. The Morgan fingerprint density at radius 1 is 0.889 bits per heavy atom. The number of alkyl carbamates (subject to hydrolysis) is 2. The first-order valence-electron chi connectivity index (χ1n) is 24.4. The number of aliphatic hydroxyl groups excluding tert-OH is 1. The molecule has 2 fully saturated rings. The molecule has 4 atom stereocenters. The normalized spacial score (nSPS) is 17.9. The van der Waals surface area contributed by atoms with Crippen molar-refractivity contribution in [2.24, 2.45) is 11.3 Å². The number of nitrogens with one attached hydrogen (secondary N) is 4. The molecule has 1 saturated carbocycles. The number of fused-ring (bicyclic) bond motifs is 2. The van der Waals surface area contributed by atoms with E-state index < -0.39 is 73.2 Å². The molecule has 2 heterocycles. The molecule has 2 aromatic carbocycles. The number of rotatable bonds is 22. The van der Waals surface area contributed by atoms with Crippen LogP contribution in [-0.4, -0.2) is 116 Å². The lowest BCUT2D eigenvalue weighted by Gasteiger charge is -2.42. The van der Waals surface area contributed by atoms with Crippen LogP contribution in [0.25, 0.3) is 0 Å². The van der Waals surface area contributed by atoms with Crippen molar-refractivity contribution in [2.75, 3.05) is 43.6 Å². The minimum atomic E-state index is -2.58. The molecule has 0 aromatic heterocycles. The van der Waals surface area contributed by atoms with Gasteiger partial charge in [-0.1, -0.05) is 115 Å². The number of halogens is 3. The monoisotopic (exact) mass is 1080 g/mol. The number of hydrogen-bond donors (Lipinski definition) is 5. The average molecular weight is 1080 g/mol. The molecule has 18 nitrogen and oxygen atoms in total. The molecule has 1 unspecified atom stereocenters. The van der Waals surface area contributed by atoms with Gasteiger partial charge >= 0.3 is 18.3 Å². The second-order valence-electron chi connectivity index (χ2n) is 20.1. The van der Waals surface area contributed by atoms with Crippen LogP contribution in [-0.2, 0) is 30.4 Å². The molecule has 72 heavy (non-hydrogen) atoms. The summed E-state index contributed by atoms with van der Waals surface area (Å²) in [5.41, 5.74) is 1.74. The topological polar surface area (TPSA) is 223 Å². The number of ether oxygens (including phenoxy) is 4. The van der Waals surface area contributed by atoms with Crippen molar-refractivity contribution in [1.82, 2.24) is 20.9 Å².